The Hall–Kier alpha value is -2.69. The maximum absolute atomic E-state index is 4.67. The van der Waals surface area contributed by atoms with Gasteiger partial charge in [-0.2, -0.15) is 4.98 Å². The van der Waals surface area contributed by atoms with Crippen molar-refractivity contribution in [3.05, 3.63) is 55.0 Å². The Kier molecular flexibility index (Phi) is 3.76. The summed E-state index contributed by atoms with van der Waals surface area (Å²) >= 11 is 0. The number of hydrogen-bond donors (Lipinski definition) is 1. The molecule has 2 heterocycles. The van der Waals surface area contributed by atoms with Crippen molar-refractivity contribution in [1.82, 2.24) is 19.5 Å². The van der Waals surface area contributed by atoms with Crippen molar-refractivity contribution < 1.29 is 0 Å². The highest BCUT2D eigenvalue weighted by atomic mass is 15.2. The Bertz CT molecular complexity index is 775. The van der Waals surface area contributed by atoms with Crippen molar-refractivity contribution in [3.8, 4) is 17.2 Å². The first kappa shape index (κ1) is 13.9. The molecule has 0 saturated heterocycles. The van der Waals surface area contributed by atoms with Crippen molar-refractivity contribution in [2.75, 3.05) is 5.32 Å². The van der Waals surface area contributed by atoms with E-state index in [1.54, 1.807) is 12.4 Å². The quantitative estimate of drug-likeness (QED) is 0.799. The van der Waals surface area contributed by atoms with E-state index in [9.17, 15) is 0 Å². The van der Waals surface area contributed by atoms with Gasteiger partial charge >= 0.3 is 0 Å². The van der Waals surface area contributed by atoms with Gasteiger partial charge in [0.15, 0.2) is 0 Å². The fraction of sp³-hybridized carbons (Fsp3) is 0.278. The van der Waals surface area contributed by atoms with Crippen LogP contribution in [0, 0.1) is 0 Å². The van der Waals surface area contributed by atoms with Gasteiger partial charge in [-0.25, -0.2) is 9.97 Å². The Morgan fingerprint density at radius 1 is 0.957 bits per heavy atom. The summed E-state index contributed by atoms with van der Waals surface area (Å²) in [5.41, 5.74) is 1.07. The van der Waals surface area contributed by atoms with E-state index in [-0.39, 0.29) is 0 Å². The Labute approximate surface area is 135 Å². The minimum absolute atomic E-state index is 0.502. The van der Waals surface area contributed by atoms with Crippen LogP contribution < -0.4 is 5.32 Å². The largest absolute Gasteiger partial charge is 0.351 e. The number of rotatable bonds is 4. The molecule has 1 aromatic carbocycles. The summed E-state index contributed by atoms with van der Waals surface area (Å²) in [5, 5.41) is 3.45. The number of hydrogen-bond acceptors (Lipinski definition) is 4. The third-order valence-corrected chi connectivity index (χ3v) is 4.25. The first-order valence-corrected chi connectivity index (χ1v) is 8.09. The second-order valence-electron chi connectivity index (χ2n) is 5.85. The standard InChI is InChI=1S/C18H19N5/c1-2-6-14(7-3-1)17-19-12-13-23(17)16-10-11-20-18(22-16)21-15-8-4-5-9-15/h1-3,6-7,10-13,15H,4-5,8-9H2,(H,20,21,22). The third kappa shape index (κ3) is 2.95. The molecule has 0 unspecified atom stereocenters. The molecule has 1 saturated carbocycles. The fourth-order valence-corrected chi connectivity index (χ4v) is 3.09. The van der Waals surface area contributed by atoms with E-state index in [2.05, 4.69) is 32.4 Å². The average molecular weight is 305 g/mol. The summed E-state index contributed by atoms with van der Waals surface area (Å²) in [6, 6.07) is 12.6. The summed E-state index contributed by atoms with van der Waals surface area (Å²) in [4.78, 5) is 13.5. The number of aromatic nitrogens is 4. The van der Waals surface area contributed by atoms with Crippen molar-refractivity contribution in [2.45, 2.75) is 31.7 Å². The number of nitrogens with zero attached hydrogens (tertiary/aromatic N) is 4. The van der Waals surface area contributed by atoms with Crippen LogP contribution in [0.5, 0.6) is 0 Å². The van der Waals surface area contributed by atoms with E-state index in [0.29, 0.717) is 12.0 Å². The lowest BCUT2D eigenvalue weighted by Gasteiger charge is -2.13. The van der Waals surface area contributed by atoms with Gasteiger partial charge in [0.2, 0.25) is 5.95 Å². The Morgan fingerprint density at radius 3 is 2.61 bits per heavy atom. The van der Waals surface area contributed by atoms with Crippen molar-refractivity contribution in [3.63, 3.8) is 0 Å². The van der Waals surface area contributed by atoms with Crippen LogP contribution in [-0.4, -0.2) is 25.6 Å². The fourth-order valence-electron chi connectivity index (χ4n) is 3.09. The zero-order chi connectivity index (χ0) is 15.5. The highest BCUT2D eigenvalue weighted by Crippen LogP contribution is 2.23. The number of imidazole rings is 1. The Morgan fingerprint density at radius 2 is 1.78 bits per heavy atom. The molecule has 5 nitrogen and oxygen atoms in total. The normalized spacial score (nSPS) is 15.0. The van der Waals surface area contributed by atoms with E-state index in [1.807, 2.05) is 35.0 Å². The number of benzene rings is 1. The molecule has 4 rings (SSSR count). The van der Waals surface area contributed by atoms with Crippen LogP contribution in [0.25, 0.3) is 17.2 Å². The van der Waals surface area contributed by atoms with Gasteiger partial charge in [-0.15, -0.1) is 0 Å². The molecule has 1 fully saturated rings. The van der Waals surface area contributed by atoms with Gasteiger partial charge in [0.05, 0.1) is 0 Å². The molecule has 2 aromatic heterocycles. The molecular weight excluding hydrogens is 286 g/mol. The summed E-state index contributed by atoms with van der Waals surface area (Å²) in [7, 11) is 0. The van der Waals surface area contributed by atoms with E-state index in [0.717, 1.165) is 17.2 Å². The molecule has 5 heteroatoms. The highest BCUT2D eigenvalue weighted by molar-refractivity contribution is 5.57. The SMILES string of the molecule is c1ccc(-c2nccn2-c2ccnc(NC3CCCC3)n2)cc1. The van der Waals surface area contributed by atoms with Crippen LogP contribution in [0.3, 0.4) is 0 Å². The molecule has 1 aliphatic rings. The minimum Gasteiger partial charge on any atom is -0.351 e. The van der Waals surface area contributed by atoms with Gasteiger partial charge in [0, 0.05) is 30.2 Å². The van der Waals surface area contributed by atoms with Crippen LogP contribution in [0.1, 0.15) is 25.7 Å². The minimum atomic E-state index is 0.502. The van der Waals surface area contributed by atoms with Gasteiger partial charge in [-0.3, -0.25) is 4.57 Å². The van der Waals surface area contributed by atoms with Gasteiger partial charge in [-0.05, 0) is 18.9 Å². The summed E-state index contributed by atoms with van der Waals surface area (Å²) in [6.07, 6.45) is 10.5. The molecule has 0 bridgehead atoms. The zero-order valence-corrected chi connectivity index (χ0v) is 12.9. The molecule has 1 N–H and O–H groups in total. The monoisotopic (exact) mass is 305 g/mol. The topological polar surface area (TPSA) is 55.6 Å². The van der Waals surface area contributed by atoms with Crippen molar-refractivity contribution in [1.29, 1.82) is 0 Å². The summed E-state index contributed by atoms with van der Waals surface area (Å²) < 4.78 is 2.00. The van der Waals surface area contributed by atoms with Crippen LogP contribution >= 0.6 is 0 Å². The molecule has 0 aliphatic heterocycles. The van der Waals surface area contributed by atoms with Crippen LogP contribution in [-0.2, 0) is 0 Å². The maximum Gasteiger partial charge on any atom is 0.224 e. The van der Waals surface area contributed by atoms with Gasteiger partial charge < -0.3 is 5.32 Å². The molecule has 0 spiro atoms. The van der Waals surface area contributed by atoms with Gasteiger partial charge in [-0.1, -0.05) is 43.2 Å². The highest BCUT2D eigenvalue weighted by Gasteiger charge is 2.16. The van der Waals surface area contributed by atoms with Crippen molar-refractivity contribution in [2.24, 2.45) is 0 Å². The summed E-state index contributed by atoms with van der Waals surface area (Å²) in [5.74, 6) is 2.41. The van der Waals surface area contributed by atoms with E-state index in [4.69, 9.17) is 0 Å². The summed E-state index contributed by atoms with van der Waals surface area (Å²) in [6.45, 7) is 0. The molecule has 3 aromatic rings. The lowest BCUT2D eigenvalue weighted by atomic mass is 10.2. The lowest BCUT2D eigenvalue weighted by molar-refractivity contribution is 0.742. The molecule has 1 aliphatic carbocycles. The Balaban J connectivity index is 1.65. The molecular formula is C18H19N5. The molecule has 0 radical (unpaired) electrons. The van der Waals surface area contributed by atoms with E-state index >= 15 is 0 Å². The van der Waals surface area contributed by atoms with Crippen LogP contribution in [0.2, 0.25) is 0 Å². The first-order valence-electron chi connectivity index (χ1n) is 8.09. The average Bonchev–Trinajstić information content (AvgIpc) is 3.27. The zero-order valence-electron chi connectivity index (χ0n) is 12.9. The van der Waals surface area contributed by atoms with Crippen LogP contribution in [0.4, 0.5) is 5.95 Å². The molecule has 0 atom stereocenters. The van der Waals surface area contributed by atoms with E-state index in [1.165, 1.54) is 25.7 Å². The third-order valence-electron chi connectivity index (χ3n) is 4.25. The molecule has 23 heavy (non-hydrogen) atoms. The number of anilines is 1. The molecule has 116 valence electrons. The predicted molar refractivity (Wildman–Crippen MR) is 90.5 cm³/mol. The predicted octanol–water partition coefficient (Wildman–Crippen LogP) is 3.68. The smallest absolute Gasteiger partial charge is 0.224 e. The first-order chi connectivity index (χ1) is 11.4. The van der Waals surface area contributed by atoms with Crippen LogP contribution in [0.15, 0.2) is 55.0 Å². The second kappa shape index (κ2) is 6.20. The lowest BCUT2D eigenvalue weighted by Crippen LogP contribution is -2.17. The van der Waals surface area contributed by atoms with Gasteiger partial charge in [0.1, 0.15) is 11.6 Å². The van der Waals surface area contributed by atoms with Gasteiger partial charge in [0.25, 0.3) is 0 Å². The van der Waals surface area contributed by atoms with E-state index < -0.39 is 0 Å². The number of nitrogens with one attached hydrogen (secondary N) is 1. The molecule has 0 amide bonds. The van der Waals surface area contributed by atoms with Crippen molar-refractivity contribution >= 4 is 5.95 Å². The maximum atomic E-state index is 4.67. The second-order valence-corrected chi connectivity index (χ2v) is 5.85.